The van der Waals surface area contributed by atoms with Gasteiger partial charge < -0.3 is 5.11 Å². The highest BCUT2D eigenvalue weighted by Gasteiger charge is 2.26. The third-order valence-electron chi connectivity index (χ3n) is 4.52. The molecule has 1 aliphatic rings. The van der Waals surface area contributed by atoms with Crippen LogP contribution in [0, 0.1) is 5.41 Å². The Hall–Kier alpha value is -1.83. The number of hydrogen-bond acceptors (Lipinski definition) is 1. The van der Waals surface area contributed by atoms with E-state index in [9.17, 15) is 4.79 Å². The van der Waals surface area contributed by atoms with Gasteiger partial charge in [-0.25, -0.2) is 4.79 Å². The predicted molar refractivity (Wildman–Crippen MR) is 98.4 cm³/mol. The summed E-state index contributed by atoms with van der Waals surface area (Å²) in [6, 6.07) is 0. The molecule has 0 atom stereocenters. The van der Waals surface area contributed by atoms with Crippen LogP contribution < -0.4 is 0 Å². The second kappa shape index (κ2) is 8.71. The van der Waals surface area contributed by atoms with Crippen molar-refractivity contribution < 1.29 is 9.90 Å². The predicted octanol–water partition coefficient (Wildman–Crippen LogP) is 5.99. The molecule has 0 aliphatic heterocycles. The van der Waals surface area contributed by atoms with Crippen LogP contribution in [-0.4, -0.2) is 11.1 Å². The van der Waals surface area contributed by atoms with Crippen LogP contribution in [0.5, 0.6) is 0 Å². The summed E-state index contributed by atoms with van der Waals surface area (Å²) in [5.74, 6) is -0.873. The lowest BCUT2D eigenvalue weighted by Crippen LogP contribution is -2.18. The van der Waals surface area contributed by atoms with E-state index in [4.69, 9.17) is 5.11 Å². The summed E-state index contributed by atoms with van der Waals surface area (Å²) >= 11 is 0. The molecule has 0 saturated carbocycles. The van der Waals surface area contributed by atoms with Crippen LogP contribution in [0.2, 0.25) is 0 Å². The van der Waals surface area contributed by atoms with Crippen LogP contribution in [0.4, 0.5) is 0 Å². The minimum Gasteiger partial charge on any atom is -0.478 e. The van der Waals surface area contributed by atoms with Gasteiger partial charge in [0.1, 0.15) is 0 Å². The van der Waals surface area contributed by atoms with Gasteiger partial charge in [-0.1, -0.05) is 62.8 Å². The van der Waals surface area contributed by atoms with E-state index in [1.807, 2.05) is 18.2 Å². The molecule has 126 valence electrons. The van der Waals surface area contributed by atoms with Gasteiger partial charge in [0.15, 0.2) is 0 Å². The minimum absolute atomic E-state index is 0.261. The molecule has 1 rings (SSSR count). The summed E-state index contributed by atoms with van der Waals surface area (Å²) in [5, 5.41) is 8.87. The van der Waals surface area contributed by atoms with Crippen molar-refractivity contribution in [3.63, 3.8) is 0 Å². The van der Waals surface area contributed by atoms with E-state index in [2.05, 4.69) is 39.8 Å². The van der Waals surface area contributed by atoms with Crippen LogP contribution in [0.15, 0.2) is 58.7 Å². The van der Waals surface area contributed by atoms with Crippen molar-refractivity contribution in [1.82, 2.24) is 0 Å². The molecule has 0 aromatic carbocycles. The van der Waals surface area contributed by atoms with E-state index in [0.717, 1.165) is 12.0 Å². The fraction of sp³-hybridized carbons (Fsp3) is 0.476. The Kier molecular flexibility index (Phi) is 7.28. The molecule has 0 spiro atoms. The Balaban J connectivity index is 2.82. The van der Waals surface area contributed by atoms with Crippen LogP contribution in [0.25, 0.3) is 0 Å². The highest BCUT2D eigenvalue weighted by molar-refractivity contribution is 5.86. The second-order valence-electron chi connectivity index (χ2n) is 6.90. The first-order valence-electron chi connectivity index (χ1n) is 8.43. The molecule has 2 nitrogen and oxygen atoms in total. The molecule has 0 fully saturated rings. The van der Waals surface area contributed by atoms with Crippen molar-refractivity contribution in [1.29, 1.82) is 0 Å². The zero-order valence-electron chi connectivity index (χ0n) is 15.1. The zero-order chi connectivity index (χ0) is 17.5. The summed E-state index contributed by atoms with van der Waals surface area (Å²) < 4.78 is 0. The first-order chi connectivity index (χ1) is 10.8. The highest BCUT2D eigenvalue weighted by atomic mass is 16.4. The van der Waals surface area contributed by atoms with Crippen molar-refractivity contribution in [3.8, 4) is 0 Å². The average Bonchev–Trinajstić information content (AvgIpc) is 2.47. The fourth-order valence-corrected chi connectivity index (χ4v) is 2.94. The molecule has 0 saturated heterocycles. The molecular formula is C21H30O2. The standard InChI is InChI=1S/C21H30O2/c1-6-18(14-13-17(3)20(22)23)11-7-8-12-19-16(2)10-9-15-21(19,4)5/h7-8,11-14H,6,9-10,15H2,1-5H3,(H,22,23)/b11-7+,12-8+,17-13+,18-14+. The number of carbonyl (C=O) groups is 1. The number of rotatable bonds is 6. The largest absolute Gasteiger partial charge is 0.478 e. The molecule has 0 aromatic heterocycles. The number of carboxylic acid groups (broad SMARTS) is 1. The lowest BCUT2D eigenvalue weighted by molar-refractivity contribution is -0.132. The van der Waals surface area contributed by atoms with Gasteiger partial charge >= 0.3 is 5.97 Å². The van der Waals surface area contributed by atoms with Gasteiger partial charge in [0, 0.05) is 5.57 Å². The van der Waals surface area contributed by atoms with Crippen molar-refractivity contribution in [2.45, 2.75) is 60.3 Å². The third kappa shape index (κ3) is 6.05. The van der Waals surface area contributed by atoms with E-state index in [0.29, 0.717) is 5.57 Å². The Morgan fingerprint density at radius 2 is 1.96 bits per heavy atom. The van der Waals surface area contributed by atoms with E-state index >= 15 is 0 Å². The number of hydrogen-bond donors (Lipinski definition) is 1. The molecule has 0 amide bonds. The first-order valence-corrected chi connectivity index (χ1v) is 8.43. The highest BCUT2D eigenvalue weighted by Crippen LogP contribution is 2.40. The van der Waals surface area contributed by atoms with Gasteiger partial charge in [0.2, 0.25) is 0 Å². The Labute approximate surface area is 141 Å². The molecule has 23 heavy (non-hydrogen) atoms. The smallest absolute Gasteiger partial charge is 0.331 e. The van der Waals surface area contributed by atoms with Crippen LogP contribution in [0.3, 0.4) is 0 Å². The first kappa shape index (κ1) is 19.2. The maximum absolute atomic E-state index is 10.8. The SMILES string of the molecule is CCC(/C=C/C=C/C1=C(C)CCCC1(C)C)=C\C=C(/C)C(=O)O. The summed E-state index contributed by atoms with van der Waals surface area (Å²) in [7, 11) is 0. The quantitative estimate of drug-likeness (QED) is 0.483. The van der Waals surface area contributed by atoms with Gasteiger partial charge in [-0.3, -0.25) is 0 Å². The lowest BCUT2D eigenvalue weighted by atomic mass is 9.73. The summed E-state index contributed by atoms with van der Waals surface area (Å²) in [5.41, 5.74) is 4.68. The molecule has 0 unspecified atom stereocenters. The van der Waals surface area contributed by atoms with Gasteiger partial charge in [0.25, 0.3) is 0 Å². The van der Waals surface area contributed by atoms with E-state index in [1.54, 1.807) is 13.0 Å². The average molecular weight is 314 g/mol. The Bertz CT molecular complexity index is 581. The fourth-order valence-electron chi connectivity index (χ4n) is 2.94. The molecule has 1 N–H and O–H groups in total. The second-order valence-corrected chi connectivity index (χ2v) is 6.90. The van der Waals surface area contributed by atoms with Gasteiger partial charge in [-0.15, -0.1) is 0 Å². The van der Waals surface area contributed by atoms with Crippen molar-refractivity contribution in [2.75, 3.05) is 0 Å². The van der Waals surface area contributed by atoms with Gasteiger partial charge in [-0.2, -0.15) is 0 Å². The van der Waals surface area contributed by atoms with E-state index in [-0.39, 0.29) is 5.41 Å². The van der Waals surface area contributed by atoms with Gasteiger partial charge in [-0.05, 0) is 56.1 Å². The molecule has 0 radical (unpaired) electrons. The van der Waals surface area contributed by atoms with Crippen molar-refractivity contribution >= 4 is 5.97 Å². The monoisotopic (exact) mass is 314 g/mol. The van der Waals surface area contributed by atoms with Crippen molar-refractivity contribution in [3.05, 3.63) is 58.7 Å². The van der Waals surface area contributed by atoms with Crippen LogP contribution in [0.1, 0.15) is 60.3 Å². The van der Waals surface area contributed by atoms with E-state index < -0.39 is 5.97 Å². The van der Waals surface area contributed by atoms with Crippen molar-refractivity contribution in [2.24, 2.45) is 5.41 Å². The Morgan fingerprint density at radius 3 is 2.52 bits per heavy atom. The minimum atomic E-state index is -0.873. The molecule has 1 aliphatic carbocycles. The third-order valence-corrected chi connectivity index (χ3v) is 4.52. The topological polar surface area (TPSA) is 37.3 Å². The number of aliphatic carboxylic acids is 1. The summed E-state index contributed by atoms with van der Waals surface area (Å²) in [4.78, 5) is 10.8. The summed E-state index contributed by atoms with van der Waals surface area (Å²) in [6.45, 7) is 10.5. The normalized spacial score (nSPS) is 19.9. The number of carboxylic acids is 1. The lowest BCUT2D eigenvalue weighted by Gasteiger charge is -2.32. The Morgan fingerprint density at radius 1 is 1.26 bits per heavy atom. The van der Waals surface area contributed by atoms with Crippen LogP contribution >= 0.6 is 0 Å². The molecular weight excluding hydrogens is 284 g/mol. The zero-order valence-corrected chi connectivity index (χ0v) is 15.1. The van der Waals surface area contributed by atoms with Gasteiger partial charge in [0.05, 0.1) is 0 Å². The maximum Gasteiger partial charge on any atom is 0.331 e. The maximum atomic E-state index is 10.8. The van der Waals surface area contributed by atoms with Crippen LogP contribution in [-0.2, 0) is 4.79 Å². The molecule has 2 heteroatoms. The summed E-state index contributed by atoms with van der Waals surface area (Å²) in [6.07, 6.45) is 16.6. The number of allylic oxidation sites excluding steroid dienone is 9. The van der Waals surface area contributed by atoms with E-state index in [1.165, 1.54) is 30.4 Å². The molecule has 0 aromatic rings. The molecule has 0 bridgehead atoms. The molecule has 0 heterocycles.